The molecule has 47 heavy (non-hydrogen) atoms. The molecule has 1 heterocycles. The van der Waals surface area contributed by atoms with E-state index < -0.39 is 24.0 Å². The van der Waals surface area contributed by atoms with E-state index in [0.717, 1.165) is 51.8 Å². The summed E-state index contributed by atoms with van der Waals surface area (Å²) in [5.41, 5.74) is 5.61. The van der Waals surface area contributed by atoms with Gasteiger partial charge in [-0.25, -0.2) is 0 Å². The minimum Gasteiger partial charge on any atom is -0.365 e. The van der Waals surface area contributed by atoms with Crippen LogP contribution in [0, 0.1) is 6.92 Å². The van der Waals surface area contributed by atoms with E-state index in [4.69, 9.17) is 4.74 Å². The Bertz CT molecular complexity index is 1690. The van der Waals surface area contributed by atoms with Gasteiger partial charge in [-0.1, -0.05) is 103 Å². The summed E-state index contributed by atoms with van der Waals surface area (Å²) in [6.45, 7) is 1.04. The first-order valence-corrected chi connectivity index (χ1v) is 17.0. The first kappa shape index (κ1) is 32.8. The average molecular weight is 659 g/mol. The van der Waals surface area contributed by atoms with Crippen molar-refractivity contribution in [3.63, 3.8) is 0 Å². The zero-order valence-electron chi connectivity index (χ0n) is 26.1. The molecule has 2 aliphatic rings. The zero-order chi connectivity index (χ0) is 33.0. The molecule has 9 heteroatoms. The number of thioether (sulfide) groups is 1. The predicted molar refractivity (Wildman–Crippen MR) is 180 cm³/mol. The van der Waals surface area contributed by atoms with E-state index in [1.54, 1.807) is 11.8 Å². The number of halogens is 3. The van der Waals surface area contributed by atoms with Crippen molar-refractivity contribution in [2.75, 3.05) is 18.9 Å². The largest absolute Gasteiger partial charge is 0.405 e. The van der Waals surface area contributed by atoms with E-state index >= 15 is 0 Å². The molecule has 2 atom stereocenters. The number of nitrogens with one attached hydrogen (secondary N) is 2. The van der Waals surface area contributed by atoms with Gasteiger partial charge in [-0.3, -0.25) is 9.59 Å². The summed E-state index contributed by atoms with van der Waals surface area (Å²) < 4.78 is 45.6. The van der Waals surface area contributed by atoms with Crippen LogP contribution in [0.4, 0.5) is 13.2 Å². The number of amides is 2. The molecule has 1 unspecified atom stereocenters. The van der Waals surface area contributed by atoms with Crippen LogP contribution in [0.5, 0.6) is 0 Å². The summed E-state index contributed by atoms with van der Waals surface area (Å²) in [6.07, 6.45) is -2.05. The van der Waals surface area contributed by atoms with Gasteiger partial charge in [-0.15, -0.1) is 11.8 Å². The summed E-state index contributed by atoms with van der Waals surface area (Å²) in [5.74, 6) is -0.0636. The fourth-order valence-electron chi connectivity index (χ4n) is 6.71. The van der Waals surface area contributed by atoms with Gasteiger partial charge in [0.2, 0.25) is 5.91 Å². The molecule has 0 saturated carbocycles. The number of carbonyl (C=O) groups excluding carboxylic acids is 2. The number of hydrogen-bond donors (Lipinski definition) is 2. The Balaban J connectivity index is 1.06. The number of unbranched alkanes of at least 4 members (excludes halogenated alkanes) is 1. The molecule has 4 aromatic carbocycles. The molecule has 6 rings (SSSR count). The number of rotatable bonds is 10. The summed E-state index contributed by atoms with van der Waals surface area (Å²) in [6, 6.07) is 30.5. The Kier molecular flexibility index (Phi) is 9.75. The van der Waals surface area contributed by atoms with Crippen LogP contribution in [-0.2, 0) is 14.9 Å². The summed E-state index contributed by atoms with van der Waals surface area (Å²) >= 11 is 1.65. The highest BCUT2D eigenvalue weighted by molar-refractivity contribution is 7.99. The van der Waals surface area contributed by atoms with Crippen molar-refractivity contribution >= 4 is 23.6 Å². The molecule has 0 spiro atoms. The summed E-state index contributed by atoms with van der Waals surface area (Å²) in [7, 11) is 0. The Hall–Kier alpha value is -4.08. The molecule has 2 N–H and O–H groups in total. The molecule has 0 bridgehead atoms. The Labute approximate surface area is 277 Å². The summed E-state index contributed by atoms with van der Waals surface area (Å²) in [4.78, 5) is 27.0. The quantitative estimate of drug-likeness (QED) is 0.169. The van der Waals surface area contributed by atoms with E-state index in [1.807, 2.05) is 104 Å². The predicted octanol–water partition coefficient (Wildman–Crippen LogP) is 8.06. The van der Waals surface area contributed by atoms with Crippen molar-refractivity contribution < 1.29 is 27.5 Å². The lowest BCUT2D eigenvalue weighted by Gasteiger charge is -2.32. The molecule has 4 aromatic rings. The third kappa shape index (κ3) is 7.11. The number of ether oxygens (including phenoxy) is 1. The van der Waals surface area contributed by atoms with Crippen molar-refractivity contribution in [1.29, 1.82) is 0 Å². The van der Waals surface area contributed by atoms with Gasteiger partial charge >= 0.3 is 6.18 Å². The number of fused-ring (bicyclic) bond motifs is 3. The second kappa shape index (κ2) is 14.0. The first-order valence-electron chi connectivity index (χ1n) is 15.9. The van der Waals surface area contributed by atoms with Crippen LogP contribution in [-0.4, -0.2) is 48.4 Å². The van der Waals surface area contributed by atoms with Crippen LogP contribution in [0.1, 0.15) is 52.7 Å². The van der Waals surface area contributed by atoms with Crippen molar-refractivity contribution in [2.45, 2.75) is 55.7 Å². The van der Waals surface area contributed by atoms with Gasteiger partial charge in [0.1, 0.15) is 17.4 Å². The lowest BCUT2D eigenvalue weighted by molar-refractivity contribution is -0.141. The normalized spacial score (nSPS) is 18.2. The molecule has 5 nitrogen and oxygen atoms in total. The first-order chi connectivity index (χ1) is 22.7. The second-order valence-corrected chi connectivity index (χ2v) is 13.4. The van der Waals surface area contributed by atoms with Gasteiger partial charge in [0, 0.05) is 11.3 Å². The molecule has 0 radical (unpaired) electrons. The number of carbonyl (C=O) groups is 2. The van der Waals surface area contributed by atoms with Crippen molar-refractivity contribution in [3.05, 3.63) is 119 Å². The Morgan fingerprint density at radius 3 is 2.09 bits per heavy atom. The van der Waals surface area contributed by atoms with E-state index in [-0.39, 0.29) is 17.4 Å². The second-order valence-electron chi connectivity index (χ2n) is 12.2. The highest BCUT2D eigenvalue weighted by atomic mass is 32.2. The van der Waals surface area contributed by atoms with E-state index in [0.29, 0.717) is 30.8 Å². The maximum absolute atomic E-state index is 13.7. The zero-order valence-corrected chi connectivity index (χ0v) is 26.9. The van der Waals surface area contributed by atoms with Gasteiger partial charge in [-0.05, 0) is 65.6 Å². The number of alkyl halides is 3. The van der Waals surface area contributed by atoms with Crippen LogP contribution in [0.2, 0.25) is 0 Å². The average Bonchev–Trinajstić information content (AvgIpc) is 3.37. The maximum Gasteiger partial charge on any atom is 0.405 e. The lowest BCUT2D eigenvalue weighted by Crippen LogP contribution is -2.47. The molecule has 1 aliphatic carbocycles. The minimum atomic E-state index is -4.51. The number of hydrogen-bond acceptors (Lipinski definition) is 4. The molecule has 0 aromatic heterocycles. The molecular weight excluding hydrogens is 621 g/mol. The molecule has 244 valence electrons. The van der Waals surface area contributed by atoms with Gasteiger partial charge in [0.05, 0.1) is 12.6 Å². The topological polar surface area (TPSA) is 67.4 Å². The SMILES string of the molecule is Cc1ccc(-c2ccccc2C(=O)N[C@@H]2COC(CCCCC3(C(=O)NCC(F)(F)F)c4ccccc4-c4ccccc43)SC2)cc1. The van der Waals surface area contributed by atoms with Crippen molar-refractivity contribution in [2.24, 2.45) is 0 Å². The van der Waals surface area contributed by atoms with Crippen LogP contribution < -0.4 is 10.6 Å². The van der Waals surface area contributed by atoms with Crippen LogP contribution in [0.25, 0.3) is 22.3 Å². The third-order valence-electron chi connectivity index (χ3n) is 8.98. The fraction of sp³-hybridized carbons (Fsp3) is 0.316. The smallest absolute Gasteiger partial charge is 0.365 e. The highest BCUT2D eigenvalue weighted by Crippen LogP contribution is 2.51. The van der Waals surface area contributed by atoms with Crippen LogP contribution >= 0.6 is 11.8 Å². The van der Waals surface area contributed by atoms with Crippen LogP contribution in [0.15, 0.2) is 97.1 Å². The fourth-order valence-corrected chi connectivity index (χ4v) is 7.84. The Morgan fingerprint density at radius 2 is 1.47 bits per heavy atom. The van der Waals surface area contributed by atoms with E-state index in [9.17, 15) is 22.8 Å². The Morgan fingerprint density at radius 1 is 0.851 bits per heavy atom. The summed E-state index contributed by atoms with van der Waals surface area (Å²) in [5, 5.41) is 5.33. The number of benzene rings is 4. The van der Waals surface area contributed by atoms with E-state index in [1.165, 1.54) is 0 Å². The number of aryl methyl sites for hydroxylation is 1. The van der Waals surface area contributed by atoms with Gasteiger partial charge < -0.3 is 15.4 Å². The monoisotopic (exact) mass is 658 g/mol. The van der Waals surface area contributed by atoms with Crippen molar-refractivity contribution in [3.8, 4) is 22.3 Å². The molecule has 1 fully saturated rings. The van der Waals surface area contributed by atoms with Crippen molar-refractivity contribution in [1.82, 2.24) is 10.6 Å². The van der Waals surface area contributed by atoms with Gasteiger partial charge in [0.15, 0.2) is 0 Å². The lowest BCUT2D eigenvalue weighted by atomic mass is 9.73. The van der Waals surface area contributed by atoms with E-state index in [2.05, 4.69) is 10.6 Å². The minimum absolute atomic E-state index is 0.0684. The van der Waals surface area contributed by atoms with Crippen LogP contribution in [0.3, 0.4) is 0 Å². The third-order valence-corrected chi connectivity index (χ3v) is 10.3. The molecular formula is C38H37F3N2O3S. The molecule has 1 aliphatic heterocycles. The molecule has 2 amide bonds. The maximum atomic E-state index is 13.7. The van der Waals surface area contributed by atoms with Gasteiger partial charge in [0.25, 0.3) is 5.91 Å². The highest BCUT2D eigenvalue weighted by Gasteiger charge is 2.49. The molecule has 1 saturated heterocycles. The van der Waals surface area contributed by atoms with Gasteiger partial charge in [-0.2, -0.15) is 13.2 Å². The standard InChI is InChI=1S/C38H37F3N2O3S/c1-25-17-19-26(20-18-25)28-10-2-3-13-31(28)35(44)43-27-22-46-34(47-23-27)16-8-9-21-37(36(45)42-24-38(39,40)41)32-14-6-4-11-29(32)30-12-5-7-15-33(30)37/h2-7,10-15,17-20,27,34H,8-9,16,21-24H2,1H3,(H,42,45)(H,43,44)/t27-,34?/m1/s1.